The van der Waals surface area contributed by atoms with Crippen LogP contribution in [0.4, 0.5) is 0 Å². The van der Waals surface area contributed by atoms with Gasteiger partial charge in [0.05, 0.1) is 12.7 Å². The molecule has 1 unspecified atom stereocenters. The van der Waals surface area contributed by atoms with Gasteiger partial charge in [-0.2, -0.15) is 5.26 Å². The van der Waals surface area contributed by atoms with Crippen LogP contribution >= 0.6 is 0 Å². The van der Waals surface area contributed by atoms with Crippen LogP contribution in [0.2, 0.25) is 0 Å². The molecule has 1 atom stereocenters. The average molecular weight is 239 g/mol. The first kappa shape index (κ1) is 15.7. The molecule has 0 radical (unpaired) electrons. The topological polar surface area (TPSA) is 59.3 Å². The largest absolute Gasteiger partial charge is 0.461 e. The van der Waals surface area contributed by atoms with E-state index in [-0.39, 0.29) is 17.6 Å². The minimum Gasteiger partial charge on any atom is -0.461 e. The molecular weight excluding hydrogens is 218 g/mol. The molecule has 0 N–H and O–H groups in total. The molecule has 0 heterocycles. The number of esters is 1. The molecule has 0 amide bonds. The van der Waals surface area contributed by atoms with E-state index in [1.54, 1.807) is 13.2 Å². The maximum Gasteiger partial charge on any atom is 0.348 e. The molecule has 0 aliphatic rings. The van der Waals surface area contributed by atoms with E-state index >= 15 is 0 Å². The summed E-state index contributed by atoms with van der Waals surface area (Å²) in [7, 11) is 1.64. The number of carbonyl (C=O) groups is 1. The molecule has 0 saturated heterocycles. The zero-order valence-corrected chi connectivity index (χ0v) is 11.0. The van der Waals surface area contributed by atoms with Crippen LogP contribution in [-0.4, -0.2) is 25.8 Å². The van der Waals surface area contributed by atoms with Crippen molar-refractivity contribution in [3.8, 4) is 6.07 Å². The minimum atomic E-state index is -0.536. The van der Waals surface area contributed by atoms with E-state index in [1.807, 2.05) is 26.8 Å². The van der Waals surface area contributed by atoms with E-state index in [0.717, 1.165) is 6.42 Å². The first-order valence-corrected chi connectivity index (χ1v) is 5.81. The fourth-order valence-electron chi connectivity index (χ4n) is 1.07. The number of hydrogen-bond donors (Lipinski definition) is 0. The van der Waals surface area contributed by atoms with Gasteiger partial charge in [0.25, 0.3) is 0 Å². The van der Waals surface area contributed by atoms with Crippen molar-refractivity contribution in [3.05, 3.63) is 11.6 Å². The van der Waals surface area contributed by atoms with Gasteiger partial charge < -0.3 is 9.47 Å². The van der Waals surface area contributed by atoms with Crippen LogP contribution in [0, 0.1) is 17.2 Å². The van der Waals surface area contributed by atoms with Crippen molar-refractivity contribution in [3.63, 3.8) is 0 Å². The molecule has 0 aliphatic carbocycles. The van der Waals surface area contributed by atoms with E-state index in [9.17, 15) is 4.79 Å². The third-order valence-corrected chi connectivity index (χ3v) is 2.21. The van der Waals surface area contributed by atoms with Gasteiger partial charge in [-0.1, -0.05) is 19.9 Å². The van der Waals surface area contributed by atoms with E-state index in [4.69, 9.17) is 14.7 Å². The summed E-state index contributed by atoms with van der Waals surface area (Å²) in [6.45, 7) is 6.18. The number of nitrogens with zero attached hydrogens (tertiary/aromatic N) is 1. The van der Waals surface area contributed by atoms with Gasteiger partial charge in [0, 0.05) is 7.11 Å². The number of nitriles is 1. The highest BCUT2D eigenvalue weighted by Gasteiger charge is 2.11. The first-order valence-electron chi connectivity index (χ1n) is 5.81. The van der Waals surface area contributed by atoms with Crippen LogP contribution < -0.4 is 0 Å². The number of allylic oxidation sites excluding steroid dienone is 1. The maximum atomic E-state index is 11.5. The molecule has 17 heavy (non-hydrogen) atoms. The summed E-state index contributed by atoms with van der Waals surface area (Å²) in [6.07, 6.45) is 3.14. The third-order valence-electron chi connectivity index (χ3n) is 2.21. The number of ether oxygens (including phenoxy) is 2. The van der Waals surface area contributed by atoms with Gasteiger partial charge in [-0.25, -0.2) is 4.79 Å². The van der Waals surface area contributed by atoms with Crippen LogP contribution in [0.5, 0.6) is 0 Å². The van der Waals surface area contributed by atoms with Crippen LogP contribution in [0.1, 0.15) is 33.6 Å². The maximum absolute atomic E-state index is 11.5. The summed E-state index contributed by atoms with van der Waals surface area (Å²) >= 11 is 0. The molecule has 0 aliphatic heterocycles. The highest BCUT2D eigenvalue weighted by Crippen LogP contribution is 2.06. The standard InChI is InChI=1S/C13H21NO3/c1-10(2)9-17-13(15)12(8-14)7-5-6-11(3)16-4/h7,10-11H,5-6,9H2,1-4H3. The van der Waals surface area contributed by atoms with Crippen molar-refractivity contribution >= 4 is 5.97 Å². The Bertz CT molecular complexity index is 302. The Morgan fingerprint density at radius 3 is 2.53 bits per heavy atom. The van der Waals surface area contributed by atoms with Crippen molar-refractivity contribution in [2.24, 2.45) is 5.92 Å². The smallest absolute Gasteiger partial charge is 0.348 e. The lowest BCUT2D eigenvalue weighted by Gasteiger charge is -2.07. The second-order valence-corrected chi connectivity index (χ2v) is 4.35. The zero-order chi connectivity index (χ0) is 13.3. The highest BCUT2D eigenvalue weighted by molar-refractivity contribution is 5.92. The molecule has 0 rings (SSSR count). The molecule has 0 bridgehead atoms. The van der Waals surface area contributed by atoms with Crippen LogP contribution in [0.25, 0.3) is 0 Å². The minimum absolute atomic E-state index is 0.0777. The molecule has 0 aromatic carbocycles. The Morgan fingerprint density at radius 1 is 1.41 bits per heavy atom. The van der Waals surface area contributed by atoms with Crippen molar-refractivity contribution < 1.29 is 14.3 Å². The van der Waals surface area contributed by atoms with Gasteiger partial charge in [0.15, 0.2) is 0 Å². The van der Waals surface area contributed by atoms with Crippen molar-refractivity contribution in [2.45, 2.75) is 39.7 Å². The van der Waals surface area contributed by atoms with Crippen molar-refractivity contribution in [2.75, 3.05) is 13.7 Å². The van der Waals surface area contributed by atoms with Gasteiger partial charge in [0.1, 0.15) is 11.6 Å². The number of methoxy groups -OCH3 is 1. The van der Waals surface area contributed by atoms with Gasteiger partial charge in [-0.05, 0) is 25.7 Å². The summed E-state index contributed by atoms with van der Waals surface area (Å²) in [5.74, 6) is -0.265. The summed E-state index contributed by atoms with van der Waals surface area (Å²) in [6, 6.07) is 1.86. The summed E-state index contributed by atoms with van der Waals surface area (Å²) in [5, 5.41) is 8.83. The van der Waals surface area contributed by atoms with Gasteiger partial charge in [0.2, 0.25) is 0 Å². The molecule has 4 nitrogen and oxygen atoms in total. The fraction of sp³-hybridized carbons (Fsp3) is 0.692. The summed E-state index contributed by atoms with van der Waals surface area (Å²) in [5.41, 5.74) is 0.0777. The van der Waals surface area contributed by atoms with Crippen LogP contribution in [-0.2, 0) is 14.3 Å². The SMILES string of the molecule is COC(C)CCC=C(C#N)C(=O)OCC(C)C. The van der Waals surface area contributed by atoms with E-state index in [0.29, 0.717) is 13.0 Å². The monoisotopic (exact) mass is 239 g/mol. The lowest BCUT2D eigenvalue weighted by Crippen LogP contribution is -2.11. The molecule has 96 valence electrons. The average Bonchev–Trinajstić information content (AvgIpc) is 2.31. The molecular formula is C13H21NO3. The molecule has 0 spiro atoms. The van der Waals surface area contributed by atoms with E-state index in [1.165, 1.54) is 0 Å². The normalized spacial score (nSPS) is 13.3. The Hall–Kier alpha value is -1.34. The van der Waals surface area contributed by atoms with Gasteiger partial charge >= 0.3 is 5.97 Å². The molecule has 4 heteroatoms. The summed E-state index contributed by atoms with van der Waals surface area (Å²) < 4.78 is 10.1. The molecule has 0 aromatic heterocycles. The fourth-order valence-corrected chi connectivity index (χ4v) is 1.07. The number of carbonyl (C=O) groups excluding carboxylic acids is 1. The molecule has 0 aromatic rings. The Balaban J connectivity index is 4.17. The van der Waals surface area contributed by atoms with Crippen LogP contribution in [0.3, 0.4) is 0 Å². The Morgan fingerprint density at radius 2 is 2.06 bits per heavy atom. The number of rotatable bonds is 7. The molecule has 0 fully saturated rings. The summed E-state index contributed by atoms with van der Waals surface area (Å²) in [4.78, 5) is 11.5. The van der Waals surface area contributed by atoms with E-state index < -0.39 is 5.97 Å². The Kier molecular flexibility index (Phi) is 8.08. The second kappa shape index (κ2) is 8.77. The lowest BCUT2D eigenvalue weighted by atomic mass is 10.1. The highest BCUT2D eigenvalue weighted by atomic mass is 16.5. The van der Waals surface area contributed by atoms with Gasteiger partial charge in [-0.15, -0.1) is 0 Å². The van der Waals surface area contributed by atoms with Gasteiger partial charge in [-0.3, -0.25) is 0 Å². The quantitative estimate of drug-likeness (QED) is 0.389. The number of hydrogen-bond acceptors (Lipinski definition) is 4. The Labute approximate surface area is 103 Å². The first-order chi connectivity index (χ1) is 8.01. The second-order valence-electron chi connectivity index (χ2n) is 4.35. The van der Waals surface area contributed by atoms with Crippen LogP contribution in [0.15, 0.2) is 11.6 Å². The molecule has 0 saturated carbocycles. The van der Waals surface area contributed by atoms with Crippen molar-refractivity contribution in [1.29, 1.82) is 5.26 Å². The predicted octanol–water partition coefficient (Wildman–Crippen LogP) is 2.45. The predicted molar refractivity (Wildman–Crippen MR) is 65.2 cm³/mol. The van der Waals surface area contributed by atoms with E-state index in [2.05, 4.69) is 0 Å². The zero-order valence-electron chi connectivity index (χ0n) is 11.0. The third kappa shape index (κ3) is 7.53. The lowest BCUT2D eigenvalue weighted by molar-refractivity contribution is -0.139. The van der Waals surface area contributed by atoms with Crippen molar-refractivity contribution in [1.82, 2.24) is 0 Å².